The fourth-order valence-corrected chi connectivity index (χ4v) is 4.45. The van der Waals surface area contributed by atoms with Crippen LogP contribution in [0.25, 0.3) is 11.1 Å². The van der Waals surface area contributed by atoms with Crippen molar-refractivity contribution in [1.82, 2.24) is 4.98 Å². The van der Waals surface area contributed by atoms with E-state index in [-0.39, 0.29) is 30.3 Å². The Hall–Kier alpha value is -3.22. The van der Waals surface area contributed by atoms with Gasteiger partial charge in [-0.25, -0.2) is 4.79 Å². The first-order valence-electron chi connectivity index (χ1n) is 11.9. The van der Waals surface area contributed by atoms with Crippen LogP contribution in [0.15, 0.2) is 36.4 Å². The Morgan fingerprint density at radius 1 is 0.972 bits per heavy atom. The predicted octanol–water partition coefficient (Wildman–Crippen LogP) is 5.94. The first kappa shape index (κ1) is 29.0. The van der Waals surface area contributed by atoms with Crippen LogP contribution in [0, 0.1) is 33.6 Å². The minimum absolute atomic E-state index is 0. The van der Waals surface area contributed by atoms with Crippen LogP contribution in [0.2, 0.25) is 0 Å². The molecule has 1 amide bonds. The number of carboxylic acid groups (broad SMARTS) is 1. The van der Waals surface area contributed by atoms with E-state index in [1.165, 1.54) is 6.07 Å². The van der Waals surface area contributed by atoms with Crippen LogP contribution in [0.4, 0.5) is 5.69 Å². The van der Waals surface area contributed by atoms with Crippen LogP contribution < -0.4 is 11.1 Å². The van der Waals surface area contributed by atoms with Gasteiger partial charge in [0, 0.05) is 23.6 Å². The van der Waals surface area contributed by atoms with Crippen LogP contribution >= 0.6 is 12.4 Å². The van der Waals surface area contributed by atoms with Gasteiger partial charge in [-0.15, -0.1) is 12.4 Å². The maximum Gasteiger partial charge on any atom is 0.335 e. The minimum atomic E-state index is -0.983. The molecule has 0 atom stereocenters. The van der Waals surface area contributed by atoms with E-state index in [9.17, 15) is 14.7 Å². The summed E-state index contributed by atoms with van der Waals surface area (Å²) in [5, 5.41) is 12.3. The Balaban J connectivity index is 0.00000456. The largest absolute Gasteiger partial charge is 0.478 e. The molecule has 0 saturated heterocycles. The number of carboxylic acids is 1. The number of carbonyl (C=O) groups is 2. The van der Waals surface area contributed by atoms with Crippen LogP contribution in [-0.4, -0.2) is 22.0 Å². The predicted molar refractivity (Wildman–Crippen MR) is 148 cm³/mol. The number of carbonyl (C=O) groups excluding carboxylic acids is 1. The van der Waals surface area contributed by atoms with Crippen molar-refractivity contribution in [2.75, 3.05) is 5.32 Å². The molecule has 3 rings (SSSR count). The molecule has 7 heteroatoms. The van der Waals surface area contributed by atoms with E-state index in [2.05, 4.69) is 43.4 Å². The second-order valence-electron chi connectivity index (χ2n) is 9.58. The maximum atomic E-state index is 13.2. The number of rotatable bonds is 8. The molecule has 0 radical (unpaired) electrons. The molecule has 0 spiro atoms. The summed E-state index contributed by atoms with van der Waals surface area (Å²) in [4.78, 5) is 29.5. The van der Waals surface area contributed by atoms with E-state index in [1.807, 2.05) is 20.8 Å². The van der Waals surface area contributed by atoms with Crippen molar-refractivity contribution in [2.24, 2.45) is 11.7 Å². The number of aromatic nitrogens is 1. The number of aromatic carboxylic acids is 1. The van der Waals surface area contributed by atoms with E-state index in [4.69, 9.17) is 10.7 Å². The SMILES string of the molecule is Cc1ccc(-c2c(CC(=O)Nc3ccc(C(=O)O)c(C)c3C)c(C)nc(CC(C)C)c2CN)cc1.Cl. The summed E-state index contributed by atoms with van der Waals surface area (Å²) >= 11 is 0. The number of nitrogens with one attached hydrogen (secondary N) is 1. The van der Waals surface area contributed by atoms with Crippen LogP contribution in [-0.2, 0) is 24.2 Å². The van der Waals surface area contributed by atoms with Crippen molar-refractivity contribution in [2.45, 2.75) is 60.9 Å². The van der Waals surface area contributed by atoms with Crippen molar-refractivity contribution >= 4 is 30.0 Å². The molecule has 0 bridgehead atoms. The van der Waals surface area contributed by atoms with Crippen LogP contribution in [0.1, 0.15) is 63.4 Å². The molecular formula is C29H36ClN3O3. The zero-order valence-corrected chi connectivity index (χ0v) is 22.7. The third kappa shape index (κ3) is 6.31. The number of halogens is 1. The van der Waals surface area contributed by atoms with Gasteiger partial charge in [0.25, 0.3) is 0 Å². The van der Waals surface area contributed by atoms with Gasteiger partial charge in [-0.3, -0.25) is 9.78 Å². The first-order chi connectivity index (χ1) is 16.5. The molecule has 2 aromatic carbocycles. The highest BCUT2D eigenvalue weighted by molar-refractivity contribution is 5.96. The van der Waals surface area contributed by atoms with Crippen molar-refractivity contribution in [3.05, 3.63) is 81.2 Å². The second-order valence-corrected chi connectivity index (χ2v) is 9.58. The highest BCUT2D eigenvalue weighted by Crippen LogP contribution is 2.33. The van der Waals surface area contributed by atoms with Gasteiger partial charge in [0.2, 0.25) is 5.91 Å². The summed E-state index contributed by atoms with van der Waals surface area (Å²) in [5.74, 6) is -0.746. The molecule has 0 aliphatic rings. The van der Waals surface area contributed by atoms with Gasteiger partial charge >= 0.3 is 5.97 Å². The molecule has 1 heterocycles. The molecule has 36 heavy (non-hydrogen) atoms. The average molecular weight is 510 g/mol. The van der Waals surface area contributed by atoms with Gasteiger partial charge in [-0.05, 0) is 85.5 Å². The number of amides is 1. The van der Waals surface area contributed by atoms with E-state index in [1.54, 1.807) is 13.0 Å². The normalized spacial score (nSPS) is 10.8. The van der Waals surface area contributed by atoms with E-state index in [0.717, 1.165) is 51.2 Å². The smallest absolute Gasteiger partial charge is 0.335 e. The van der Waals surface area contributed by atoms with E-state index < -0.39 is 5.97 Å². The fourth-order valence-electron chi connectivity index (χ4n) is 4.45. The molecule has 0 fully saturated rings. The number of hydrogen-bond donors (Lipinski definition) is 3. The summed E-state index contributed by atoms with van der Waals surface area (Å²) in [7, 11) is 0. The third-order valence-electron chi connectivity index (χ3n) is 6.47. The molecule has 1 aromatic heterocycles. The summed E-state index contributed by atoms with van der Waals surface area (Å²) in [6, 6.07) is 11.4. The van der Waals surface area contributed by atoms with Gasteiger partial charge in [0.1, 0.15) is 0 Å². The first-order valence-corrected chi connectivity index (χ1v) is 11.9. The summed E-state index contributed by atoms with van der Waals surface area (Å²) in [6.45, 7) is 12.2. The lowest BCUT2D eigenvalue weighted by Crippen LogP contribution is -2.20. The fraction of sp³-hybridized carbons (Fsp3) is 0.345. The van der Waals surface area contributed by atoms with Crippen molar-refractivity contribution in [1.29, 1.82) is 0 Å². The number of anilines is 1. The lowest BCUT2D eigenvalue weighted by Gasteiger charge is -2.21. The van der Waals surface area contributed by atoms with Crippen molar-refractivity contribution in [3.63, 3.8) is 0 Å². The van der Waals surface area contributed by atoms with E-state index in [0.29, 0.717) is 23.7 Å². The number of benzene rings is 2. The lowest BCUT2D eigenvalue weighted by molar-refractivity contribution is -0.115. The van der Waals surface area contributed by atoms with Gasteiger partial charge in [0.05, 0.1) is 12.0 Å². The second kappa shape index (κ2) is 12.2. The quantitative estimate of drug-likeness (QED) is 0.348. The van der Waals surface area contributed by atoms with Crippen LogP contribution in [0.3, 0.4) is 0 Å². The number of nitrogens with two attached hydrogens (primary N) is 1. The Morgan fingerprint density at radius 2 is 1.61 bits per heavy atom. The van der Waals surface area contributed by atoms with Crippen molar-refractivity contribution < 1.29 is 14.7 Å². The molecule has 3 aromatic rings. The van der Waals surface area contributed by atoms with Gasteiger partial charge in [0.15, 0.2) is 0 Å². The maximum absolute atomic E-state index is 13.2. The number of nitrogens with zero attached hydrogens (tertiary/aromatic N) is 1. The summed E-state index contributed by atoms with van der Waals surface area (Å²) < 4.78 is 0. The lowest BCUT2D eigenvalue weighted by atomic mass is 9.88. The number of aryl methyl sites for hydroxylation is 2. The molecule has 6 nitrogen and oxygen atoms in total. The zero-order chi connectivity index (χ0) is 25.9. The Bertz CT molecular complexity index is 1270. The van der Waals surface area contributed by atoms with Gasteiger partial charge in [-0.1, -0.05) is 43.7 Å². The third-order valence-corrected chi connectivity index (χ3v) is 6.47. The Morgan fingerprint density at radius 3 is 2.17 bits per heavy atom. The Kier molecular flexibility index (Phi) is 9.79. The number of hydrogen-bond acceptors (Lipinski definition) is 4. The molecule has 192 valence electrons. The average Bonchev–Trinajstić information content (AvgIpc) is 2.78. The summed E-state index contributed by atoms with van der Waals surface area (Å²) in [5.41, 5.74) is 15.3. The molecule has 0 aliphatic heterocycles. The monoisotopic (exact) mass is 509 g/mol. The topological polar surface area (TPSA) is 105 Å². The highest BCUT2D eigenvalue weighted by atomic mass is 35.5. The standard InChI is InChI=1S/C29H35N3O3.ClH/c1-16(2)13-26-24(15-30)28(21-9-7-17(3)8-10-21)23(20(6)31-26)14-27(33)32-25-12-11-22(29(34)35)18(4)19(25)5;/h7-12,16H,13-15,30H2,1-6H3,(H,32,33)(H,34,35);1H. The minimum Gasteiger partial charge on any atom is -0.478 e. The molecular weight excluding hydrogens is 474 g/mol. The van der Waals surface area contributed by atoms with E-state index >= 15 is 0 Å². The molecule has 4 N–H and O–H groups in total. The molecule has 0 saturated carbocycles. The van der Waals surface area contributed by atoms with Crippen molar-refractivity contribution in [3.8, 4) is 11.1 Å². The summed E-state index contributed by atoms with van der Waals surface area (Å²) in [6.07, 6.45) is 0.948. The van der Waals surface area contributed by atoms with Gasteiger partial charge in [-0.2, -0.15) is 0 Å². The Labute approximate surface area is 219 Å². The van der Waals surface area contributed by atoms with Crippen LogP contribution in [0.5, 0.6) is 0 Å². The molecule has 0 unspecified atom stereocenters. The number of pyridine rings is 1. The zero-order valence-electron chi connectivity index (χ0n) is 21.9. The van der Waals surface area contributed by atoms with Gasteiger partial charge < -0.3 is 16.2 Å². The molecule has 0 aliphatic carbocycles. The highest BCUT2D eigenvalue weighted by Gasteiger charge is 2.22.